The quantitative estimate of drug-likeness (QED) is 0.799. The van der Waals surface area contributed by atoms with Gasteiger partial charge < -0.3 is 5.11 Å². The minimum Gasteiger partial charge on any atom is -0.480 e. The number of aromatic nitrogens is 4. The fraction of sp³-hybridized carbons (Fsp3) is 0.800. The first-order valence-electron chi connectivity index (χ1n) is 5.59. The summed E-state index contributed by atoms with van der Waals surface area (Å²) in [6.45, 7) is 6.25. The average Bonchev–Trinajstić information content (AvgIpc) is 2.71. The summed E-state index contributed by atoms with van der Waals surface area (Å²) in [5, 5.41) is 20.4. The Morgan fingerprint density at radius 3 is 2.82 bits per heavy atom. The number of rotatable bonds is 7. The molecule has 0 atom stereocenters. The van der Waals surface area contributed by atoms with Crippen molar-refractivity contribution < 1.29 is 9.90 Å². The molecule has 0 aliphatic rings. The van der Waals surface area contributed by atoms with Gasteiger partial charge in [0.25, 0.3) is 0 Å². The monoisotopic (exact) mass is 258 g/mol. The second-order valence-corrected chi connectivity index (χ2v) is 5.87. The van der Waals surface area contributed by atoms with Crippen LogP contribution in [-0.4, -0.2) is 36.0 Å². The Labute approximate surface area is 105 Å². The predicted molar refractivity (Wildman–Crippen MR) is 65.7 cm³/mol. The van der Waals surface area contributed by atoms with Crippen LogP contribution in [0.2, 0.25) is 0 Å². The van der Waals surface area contributed by atoms with Gasteiger partial charge in [0.2, 0.25) is 0 Å². The molecule has 1 aromatic heterocycles. The van der Waals surface area contributed by atoms with Crippen LogP contribution in [0.15, 0.2) is 0 Å². The highest BCUT2D eigenvalue weighted by Crippen LogP contribution is 2.27. The number of aryl methyl sites for hydroxylation is 1. The summed E-state index contributed by atoms with van der Waals surface area (Å²) in [5.41, 5.74) is 0. The molecule has 1 N–H and O–H groups in total. The first kappa shape index (κ1) is 14.0. The lowest BCUT2D eigenvalue weighted by Crippen LogP contribution is -2.27. The molecule has 17 heavy (non-hydrogen) atoms. The maximum atomic E-state index is 11.0. The number of tetrazole rings is 1. The Kier molecular flexibility index (Phi) is 4.92. The fourth-order valence-corrected chi connectivity index (χ4v) is 1.94. The molecule has 0 aliphatic carbocycles. The summed E-state index contributed by atoms with van der Waals surface area (Å²) in [6.07, 6.45) is 2.10. The van der Waals surface area contributed by atoms with E-state index in [0.29, 0.717) is 5.75 Å². The SMILES string of the molecule is CCCCn1nnnc1CSC(C)(C)C(=O)O. The van der Waals surface area contributed by atoms with E-state index >= 15 is 0 Å². The van der Waals surface area contributed by atoms with Gasteiger partial charge in [-0.3, -0.25) is 4.79 Å². The Morgan fingerprint density at radius 1 is 1.53 bits per heavy atom. The number of unbranched alkanes of at least 4 members (excludes halogenated alkanes) is 1. The summed E-state index contributed by atoms with van der Waals surface area (Å²) in [4.78, 5) is 11.0. The maximum Gasteiger partial charge on any atom is 0.319 e. The third-order valence-electron chi connectivity index (χ3n) is 2.41. The summed E-state index contributed by atoms with van der Waals surface area (Å²) in [6, 6.07) is 0. The third kappa shape index (κ3) is 3.99. The largest absolute Gasteiger partial charge is 0.480 e. The number of nitrogens with zero attached hydrogens (tertiary/aromatic N) is 4. The second-order valence-electron chi connectivity index (χ2n) is 4.28. The van der Waals surface area contributed by atoms with Crippen LogP contribution in [0.3, 0.4) is 0 Å². The standard InChI is InChI=1S/C10H18N4O2S/c1-4-5-6-14-8(11-12-13-14)7-17-10(2,3)9(15)16/h4-7H2,1-3H3,(H,15,16). The van der Waals surface area contributed by atoms with Crippen molar-refractivity contribution in [2.45, 2.75) is 50.7 Å². The molecular weight excluding hydrogens is 240 g/mol. The van der Waals surface area contributed by atoms with Crippen molar-refractivity contribution in [3.63, 3.8) is 0 Å². The third-order valence-corrected chi connectivity index (χ3v) is 3.71. The van der Waals surface area contributed by atoms with E-state index in [1.807, 2.05) is 0 Å². The zero-order chi connectivity index (χ0) is 12.9. The van der Waals surface area contributed by atoms with Crippen LogP contribution < -0.4 is 0 Å². The maximum absolute atomic E-state index is 11.0. The zero-order valence-corrected chi connectivity index (χ0v) is 11.2. The summed E-state index contributed by atoms with van der Waals surface area (Å²) in [5.74, 6) is 0.420. The van der Waals surface area contributed by atoms with Gasteiger partial charge >= 0.3 is 5.97 Å². The summed E-state index contributed by atoms with van der Waals surface area (Å²) >= 11 is 1.33. The highest BCUT2D eigenvalue weighted by molar-refractivity contribution is 8.00. The van der Waals surface area contributed by atoms with Crippen molar-refractivity contribution in [3.8, 4) is 0 Å². The molecule has 0 amide bonds. The number of carboxylic acid groups (broad SMARTS) is 1. The molecule has 0 saturated carbocycles. The molecule has 0 saturated heterocycles. The van der Waals surface area contributed by atoms with Gasteiger partial charge in [0.15, 0.2) is 5.82 Å². The number of thioether (sulfide) groups is 1. The number of carbonyl (C=O) groups is 1. The minimum absolute atomic E-state index is 0.510. The molecule has 6 nitrogen and oxygen atoms in total. The fourth-order valence-electron chi connectivity index (χ4n) is 1.11. The van der Waals surface area contributed by atoms with Gasteiger partial charge in [0.1, 0.15) is 4.75 Å². The van der Waals surface area contributed by atoms with Crippen molar-refractivity contribution in [2.75, 3.05) is 0 Å². The smallest absolute Gasteiger partial charge is 0.319 e. The molecule has 96 valence electrons. The number of hydrogen-bond acceptors (Lipinski definition) is 5. The molecule has 0 bridgehead atoms. The molecule has 0 fully saturated rings. The second kappa shape index (κ2) is 6.00. The van der Waals surface area contributed by atoms with Gasteiger partial charge in [-0.1, -0.05) is 13.3 Å². The normalized spacial score (nSPS) is 11.7. The first-order valence-corrected chi connectivity index (χ1v) is 6.58. The van der Waals surface area contributed by atoms with E-state index in [0.717, 1.165) is 25.2 Å². The Balaban J connectivity index is 2.57. The Hall–Kier alpha value is -1.11. The summed E-state index contributed by atoms with van der Waals surface area (Å²) < 4.78 is 0.927. The molecule has 1 rings (SSSR count). The lowest BCUT2D eigenvalue weighted by atomic mass is 10.2. The Bertz CT molecular complexity index is 378. The number of carboxylic acids is 1. The lowest BCUT2D eigenvalue weighted by Gasteiger charge is -2.17. The zero-order valence-electron chi connectivity index (χ0n) is 10.4. The van der Waals surface area contributed by atoms with Crippen molar-refractivity contribution in [1.82, 2.24) is 20.2 Å². The molecule has 0 unspecified atom stereocenters. The highest BCUT2D eigenvalue weighted by Gasteiger charge is 2.28. The van der Waals surface area contributed by atoms with Gasteiger partial charge in [0.05, 0.1) is 5.75 Å². The average molecular weight is 258 g/mol. The van der Waals surface area contributed by atoms with Crippen LogP contribution in [0.5, 0.6) is 0 Å². The van der Waals surface area contributed by atoms with E-state index in [1.165, 1.54) is 11.8 Å². The van der Waals surface area contributed by atoms with E-state index < -0.39 is 10.7 Å². The first-order chi connectivity index (χ1) is 7.97. The number of hydrogen-bond donors (Lipinski definition) is 1. The van der Waals surface area contributed by atoms with Crippen LogP contribution in [0, 0.1) is 0 Å². The van der Waals surface area contributed by atoms with E-state index in [4.69, 9.17) is 5.11 Å². The molecule has 0 radical (unpaired) electrons. The van der Waals surface area contributed by atoms with Crippen LogP contribution in [-0.2, 0) is 17.1 Å². The topological polar surface area (TPSA) is 80.9 Å². The Morgan fingerprint density at radius 2 is 2.24 bits per heavy atom. The van der Waals surface area contributed by atoms with Crippen molar-refractivity contribution in [3.05, 3.63) is 5.82 Å². The minimum atomic E-state index is -0.824. The molecule has 0 aliphatic heterocycles. The molecule has 7 heteroatoms. The van der Waals surface area contributed by atoms with Crippen LogP contribution in [0.1, 0.15) is 39.4 Å². The van der Waals surface area contributed by atoms with Gasteiger partial charge in [-0.2, -0.15) is 0 Å². The van der Waals surface area contributed by atoms with E-state index in [-0.39, 0.29) is 0 Å². The number of aliphatic carboxylic acids is 1. The van der Waals surface area contributed by atoms with Crippen LogP contribution in [0.4, 0.5) is 0 Å². The predicted octanol–water partition coefficient (Wildman–Crippen LogP) is 1.57. The van der Waals surface area contributed by atoms with Gasteiger partial charge in [0, 0.05) is 6.54 Å². The van der Waals surface area contributed by atoms with Crippen LogP contribution in [0.25, 0.3) is 0 Å². The van der Waals surface area contributed by atoms with Gasteiger partial charge in [-0.15, -0.1) is 16.9 Å². The lowest BCUT2D eigenvalue weighted by molar-refractivity contribution is -0.138. The van der Waals surface area contributed by atoms with Crippen molar-refractivity contribution >= 4 is 17.7 Å². The summed E-state index contributed by atoms with van der Waals surface area (Å²) in [7, 11) is 0. The van der Waals surface area contributed by atoms with Crippen molar-refractivity contribution in [2.24, 2.45) is 0 Å². The van der Waals surface area contributed by atoms with E-state index in [1.54, 1.807) is 18.5 Å². The molecule has 0 aromatic carbocycles. The van der Waals surface area contributed by atoms with Crippen molar-refractivity contribution in [1.29, 1.82) is 0 Å². The van der Waals surface area contributed by atoms with Gasteiger partial charge in [-0.05, 0) is 30.7 Å². The molecule has 1 aromatic rings. The molecule has 0 spiro atoms. The highest BCUT2D eigenvalue weighted by atomic mass is 32.2. The molecule has 1 heterocycles. The van der Waals surface area contributed by atoms with E-state index in [2.05, 4.69) is 22.4 Å². The molecular formula is C10H18N4O2S. The van der Waals surface area contributed by atoms with Gasteiger partial charge in [-0.25, -0.2) is 4.68 Å². The van der Waals surface area contributed by atoms with Crippen LogP contribution >= 0.6 is 11.8 Å². The van der Waals surface area contributed by atoms with E-state index in [9.17, 15) is 4.79 Å².